The van der Waals surface area contributed by atoms with Crippen molar-refractivity contribution in [1.82, 2.24) is 15.5 Å². The average molecular weight is 315 g/mol. The summed E-state index contributed by atoms with van der Waals surface area (Å²) >= 11 is 0. The van der Waals surface area contributed by atoms with Crippen LogP contribution in [0.2, 0.25) is 0 Å². The second-order valence-electron chi connectivity index (χ2n) is 5.74. The van der Waals surface area contributed by atoms with Gasteiger partial charge in [0.25, 0.3) is 5.91 Å². The summed E-state index contributed by atoms with van der Waals surface area (Å²) < 4.78 is 0. The summed E-state index contributed by atoms with van der Waals surface area (Å²) in [5.41, 5.74) is 3.81. The van der Waals surface area contributed by atoms with E-state index in [9.17, 15) is 14.7 Å². The number of hydrogen-bond donors (Lipinski definition) is 3. The van der Waals surface area contributed by atoms with Crippen LogP contribution in [-0.4, -0.2) is 33.7 Å². The number of carbonyl (C=O) groups is 2. The Bertz CT molecular complexity index is 685. The number of H-pyrrole nitrogens is 1. The highest BCUT2D eigenvalue weighted by molar-refractivity contribution is 5.96. The topological polar surface area (TPSA) is 95.1 Å². The van der Waals surface area contributed by atoms with Crippen LogP contribution in [0.1, 0.15) is 32.9 Å². The van der Waals surface area contributed by atoms with E-state index in [1.807, 2.05) is 31.2 Å². The molecule has 1 atom stereocenters. The van der Waals surface area contributed by atoms with Crippen molar-refractivity contribution in [2.45, 2.75) is 27.2 Å². The van der Waals surface area contributed by atoms with Crippen molar-refractivity contribution in [3.63, 3.8) is 0 Å². The summed E-state index contributed by atoms with van der Waals surface area (Å²) in [5, 5.41) is 18.8. The van der Waals surface area contributed by atoms with Crippen LogP contribution >= 0.6 is 0 Å². The smallest absolute Gasteiger partial charge is 0.308 e. The Hall–Kier alpha value is -2.63. The van der Waals surface area contributed by atoms with E-state index in [2.05, 4.69) is 15.5 Å². The molecule has 6 nitrogen and oxygen atoms in total. The molecule has 1 aromatic heterocycles. The lowest BCUT2D eigenvalue weighted by molar-refractivity contribution is -0.141. The minimum absolute atomic E-state index is 0.0755. The number of nitrogens with zero attached hydrogens (tertiary/aromatic N) is 1. The zero-order valence-corrected chi connectivity index (χ0v) is 13.5. The number of aliphatic carboxylic acids is 1. The maximum atomic E-state index is 12.2. The van der Waals surface area contributed by atoms with Gasteiger partial charge in [0, 0.05) is 12.2 Å². The van der Waals surface area contributed by atoms with Gasteiger partial charge in [-0.25, -0.2) is 0 Å². The first-order valence-corrected chi connectivity index (χ1v) is 7.46. The third kappa shape index (κ3) is 4.18. The van der Waals surface area contributed by atoms with Gasteiger partial charge in [0.15, 0.2) is 0 Å². The average Bonchev–Trinajstić information content (AvgIpc) is 2.84. The van der Waals surface area contributed by atoms with Crippen LogP contribution in [-0.2, 0) is 11.2 Å². The Morgan fingerprint density at radius 3 is 2.39 bits per heavy atom. The molecule has 1 amide bonds. The van der Waals surface area contributed by atoms with Crippen LogP contribution in [0.4, 0.5) is 0 Å². The molecule has 0 spiro atoms. The lowest BCUT2D eigenvalue weighted by atomic mass is 9.98. The number of nitrogens with one attached hydrogen (secondary N) is 2. The monoisotopic (exact) mass is 315 g/mol. The van der Waals surface area contributed by atoms with Crippen LogP contribution in [0, 0.1) is 26.7 Å². The van der Waals surface area contributed by atoms with Gasteiger partial charge < -0.3 is 10.4 Å². The second kappa shape index (κ2) is 7.09. The lowest BCUT2D eigenvalue weighted by Crippen LogP contribution is -2.34. The van der Waals surface area contributed by atoms with E-state index in [0.717, 1.165) is 11.1 Å². The molecule has 0 fully saturated rings. The molecular weight excluding hydrogens is 294 g/mol. The van der Waals surface area contributed by atoms with Gasteiger partial charge in [-0.1, -0.05) is 29.8 Å². The first kappa shape index (κ1) is 16.7. The number of aromatic amines is 1. The van der Waals surface area contributed by atoms with Crippen LogP contribution in [0.5, 0.6) is 0 Å². The van der Waals surface area contributed by atoms with Crippen LogP contribution in [0.3, 0.4) is 0 Å². The van der Waals surface area contributed by atoms with Crippen molar-refractivity contribution in [1.29, 1.82) is 0 Å². The van der Waals surface area contributed by atoms with Gasteiger partial charge in [0.05, 0.1) is 17.2 Å². The molecule has 2 aromatic rings. The fourth-order valence-corrected chi connectivity index (χ4v) is 2.45. The maximum Gasteiger partial charge on any atom is 0.308 e. The molecule has 0 aliphatic rings. The lowest BCUT2D eigenvalue weighted by Gasteiger charge is -2.14. The van der Waals surface area contributed by atoms with E-state index in [-0.39, 0.29) is 12.5 Å². The van der Waals surface area contributed by atoms with Crippen LogP contribution in [0.15, 0.2) is 24.3 Å². The van der Waals surface area contributed by atoms with Gasteiger partial charge >= 0.3 is 5.97 Å². The van der Waals surface area contributed by atoms with Crippen molar-refractivity contribution in [3.05, 3.63) is 52.3 Å². The minimum Gasteiger partial charge on any atom is -0.481 e. The Morgan fingerprint density at radius 1 is 1.22 bits per heavy atom. The zero-order valence-electron chi connectivity index (χ0n) is 13.5. The highest BCUT2D eigenvalue weighted by atomic mass is 16.4. The molecule has 3 N–H and O–H groups in total. The minimum atomic E-state index is -0.925. The number of carboxylic acids is 1. The molecule has 23 heavy (non-hydrogen) atoms. The Balaban J connectivity index is 2.01. The number of aromatic nitrogens is 2. The molecule has 1 aromatic carbocycles. The normalized spacial score (nSPS) is 12.0. The molecule has 1 heterocycles. The standard InChI is InChI=1S/C17H21N3O3/c1-10-4-6-13(7-5-10)8-14(17(22)23)9-18-16(21)15-11(2)19-20-12(15)3/h4-7,14H,8-9H2,1-3H3,(H,18,21)(H,19,20)(H,22,23)/t14-/m1/s1. The highest BCUT2D eigenvalue weighted by Gasteiger charge is 2.21. The van der Waals surface area contributed by atoms with Crippen molar-refractivity contribution in [2.24, 2.45) is 5.92 Å². The first-order chi connectivity index (χ1) is 10.9. The molecule has 0 saturated heterocycles. The predicted molar refractivity (Wildman–Crippen MR) is 86.4 cm³/mol. The molecular formula is C17H21N3O3. The van der Waals surface area contributed by atoms with Crippen LogP contribution < -0.4 is 5.32 Å². The van der Waals surface area contributed by atoms with Crippen LogP contribution in [0.25, 0.3) is 0 Å². The van der Waals surface area contributed by atoms with E-state index in [1.54, 1.807) is 13.8 Å². The SMILES string of the molecule is Cc1ccc(C[C@H](CNC(=O)c2c(C)n[nH]c2C)C(=O)O)cc1. The van der Waals surface area contributed by atoms with E-state index < -0.39 is 11.9 Å². The van der Waals surface area contributed by atoms with E-state index >= 15 is 0 Å². The van der Waals surface area contributed by atoms with E-state index in [0.29, 0.717) is 23.4 Å². The molecule has 0 aliphatic heterocycles. The third-order valence-electron chi connectivity index (χ3n) is 3.82. The second-order valence-corrected chi connectivity index (χ2v) is 5.74. The van der Waals surface area contributed by atoms with Gasteiger partial charge in [-0.05, 0) is 32.8 Å². The molecule has 0 unspecified atom stereocenters. The van der Waals surface area contributed by atoms with Crippen molar-refractivity contribution in [2.75, 3.05) is 6.54 Å². The van der Waals surface area contributed by atoms with Gasteiger partial charge in [-0.2, -0.15) is 5.10 Å². The number of carbonyl (C=O) groups excluding carboxylic acids is 1. The van der Waals surface area contributed by atoms with Crippen molar-refractivity contribution < 1.29 is 14.7 Å². The molecule has 0 aliphatic carbocycles. The summed E-state index contributed by atoms with van der Waals surface area (Å²) in [6, 6.07) is 7.73. The Morgan fingerprint density at radius 2 is 1.87 bits per heavy atom. The molecule has 2 rings (SSSR count). The van der Waals surface area contributed by atoms with Gasteiger partial charge in [-0.3, -0.25) is 14.7 Å². The molecule has 6 heteroatoms. The third-order valence-corrected chi connectivity index (χ3v) is 3.82. The summed E-state index contributed by atoms with van der Waals surface area (Å²) in [6.45, 7) is 5.55. The zero-order chi connectivity index (χ0) is 17.0. The maximum absolute atomic E-state index is 12.2. The summed E-state index contributed by atoms with van der Waals surface area (Å²) in [7, 11) is 0. The Kier molecular flexibility index (Phi) is 5.16. The van der Waals surface area contributed by atoms with Gasteiger partial charge in [-0.15, -0.1) is 0 Å². The fraction of sp³-hybridized carbons (Fsp3) is 0.353. The fourth-order valence-electron chi connectivity index (χ4n) is 2.45. The number of hydrogen-bond acceptors (Lipinski definition) is 3. The first-order valence-electron chi connectivity index (χ1n) is 7.46. The molecule has 122 valence electrons. The van der Waals surface area contributed by atoms with Gasteiger partial charge in [0.1, 0.15) is 0 Å². The molecule has 0 radical (unpaired) electrons. The van der Waals surface area contributed by atoms with Crippen molar-refractivity contribution >= 4 is 11.9 Å². The Labute approximate surface area is 134 Å². The highest BCUT2D eigenvalue weighted by Crippen LogP contribution is 2.12. The number of rotatable bonds is 6. The molecule has 0 saturated carbocycles. The number of aryl methyl sites for hydroxylation is 3. The number of amides is 1. The number of benzene rings is 1. The number of carboxylic acid groups (broad SMARTS) is 1. The van der Waals surface area contributed by atoms with Crippen molar-refractivity contribution in [3.8, 4) is 0 Å². The van der Waals surface area contributed by atoms with E-state index in [4.69, 9.17) is 0 Å². The van der Waals surface area contributed by atoms with Gasteiger partial charge in [0.2, 0.25) is 0 Å². The quantitative estimate of drug-likeness (QED) is 0.760. The summed E-state index contributed by atoms with van der Waals surface area (Å²) in [4.78, 5) is 23.6. The largest absolute Gasteiger partial charge is 0.481 e. The summed E-state index contributed by atoms with van der Waals surface area (Å²) in [5.74, 6) is -1.90. The van der Waals surface area contributed by atoms with E-state index in [1.165, 1.54) is 0 Å². The summed E-state index contributed by atoms with van der Waals surface area (Å²) in [6.07, 6.45) is 0.374. The molecule has 0 bridgehead atoms. The predicted octanol–water partition coefficient (Wildman–Crippen LogP) is 2.01.